The number of phenols is 1. The number of ether oxygens (including phenoxy) is 2. The van der Waals surface area contributed by atoms with E-state index in [1.807, 2.05) is 0 Å². The number of aromatic hydroxyl groups is 1. The number of rotatable bonds is 15. The molecule has 15 heteroatoms. The summed E-state index contributed by atoms with van der Waals surface area (Å²) in [6.45, 7) is 2.41. The molecule has 1 aromatic heterocycles. The monoisotopic (exact) mass is 679 g/mol. The van der Waals surface area contributed by atoms with Gasteiger partial charge in [0.2, 0.25) is 0 Å². The molecule has 0 aliphatic carbocycles. The second-order valence-electron chi connectivity index (χ2n) is 10.7. The number of phenolic OH excluding ortho intramolecular Hbond substituents is 1. The first-order valence-electron chi connectivity index (χ1n) is 15.2. The van der Waals surface area contributed by atoms with Crippen LogP contribution >= 0.6 is 7.52 Å². The van der Waals surface area contributed by atoms with Crippen LogP contribution in [0, 0.1) is 5.82 Å². The number of benzene rings is 3. The lowest BCUT2D eigenvalue weighted by atomic mass is 10.0. The molecule has 1 unspecified atom stereocenters. The van der Waals surface area contributed by atoms with Crippen molar-refractivity contribution in [2.45, 2.75) is 20.0 Å². The van der Waals surface area contributed by atoms with Gasteiger partial charge in [-0.15, -0.1) is 0 Å². The van der Waals surface area contributed by atoms with Crippen molar-refractivity contribution in [1.29, 1.82) is 0 Å². The van der Waals surface area contributed by atoms with Crippen LogP contribution in [0.1, 0.15) is 28.4 Å². The maximum absolute atomic E-state index is 13.5. The Balaban J connectivity index is 1.18. The van der Waals surface area contributed by atoms with E-state index in [-0.39, 0.29) is 74.6 Å². The van der Waals surface area contributed by atoms with E-state index in [9.17, 15) is 28.4 Å². The average molecular weight is 680 g/mol. The standard InChI is InChI=1S/C33H35FN5O8P/c1-2-45-27(40)19-38-48(44,47-24-7-4-3-5-8-24)18-17-35-15-16-37-33(43)46-31-25-9-6-14-36-29(25)30(41)28-26(31)21-39(32(28)42)20-22-10-12-23(34)13-11-22/h3-14,35,41H,2,15-21H2,1H3,(H,37,43)(H,38,44). The molecule has 1 aliphatic rings. The molecule has 1 aliphatic heterocycles. The Kier molecular flexibility index (Phi) is 11.2. The number of aromatic nitrogens is 1. The van der Waals surface area contributed by atoms with Gasteiger partial charge in [0.25, 0.3) is 5.91 Å². The van der Waals surface area contributed by atoms with Crippen LogP contribution in [0.2, 0.25) is 0 Å². The number of fused-ring (bicyclic) bond motifs is 2. The van der Waals surface area contributed by atoms with Crippen molar-refractivity contribution >= 4 is 36.4 Å². The Morgan fingerprint density at radius 1 is 1.04 bits per heavy atom. The number of halogens is 1. The van der Waals surface area contributed by atoms with E-state index in [2.05, 4.69) is 20.7 Å². The molecule has 5 rings (SSSR count). The van der Waals surface area contributed by atoms with Gasteiger partial charge in [-0.1, -0.05) is 30.3 Å². The van der Waals surface area contributed by atoms with Gasteiger partial charge in [-0.25, -0.2) is 14.3 Å². The molecule has 2 heterocycles. The minimum atomic E-state index is -3.50. The van der Waals surface area contributed by atoms with E-state index in [4.69, 9.17) is 14.0 Å². The minimum absolute atomic E-state index is 0.00787. The molecular formula is C33H35FN5O8P. The molecule has 13 nitrogen and oxygen atoms in total. The van der Waals surface area contributed by atoms with Gasteiger partial charge in [-0.2, -0.15) is 0 Å². The van der Waals surface area contributed by atoms with E-state index in [0.717, 1.165) is 0 Å². The number of para-hydroxylation sites is 1. The fourth-order valence-corrected chi connectivity index (χ4v) is 6.71. The zero-order valence-corrected chi connectivity index (χ0v) is 27.0. The molecule has 4 aromatic rings. The highest BCUT2D eigenvalue weighted by atomic mass is 31.2. The lowest BCUT2D eigenvalue weighted by Crippen LogP contribution is -2.35. The molecule has 2 amide bonds. The minimum Gasteiger partial charge on any atom is -0.505 e. The second-order valence-corrected chi connectivity index (χ2v) is 13.0. The highest BCUT2D eigenvalue weighted by Gasteiger charge is 2.36. The van der Waals surface area contributed by atoms with E-state index in [0.29, 0.717) is 22.3 Å². The van der Waals surface area contributed by atoms with Crippen LogP contribution in [0.25, 0.3) is 10.9 Å². The molecule has 0 saturated carbocycles. The maximum atomic E-state index is 13.5. The second kappa shape index (κ2) is 15.7. The average Bonchev–Trinajstić information content (AvgIpc) is 3.40. The van der Waals surface area contributed by atoms with Gasteiger partial charge in [-0.3, -0.25) is 19.1 Å². The molecular weight excluding hydrogens is 644 g/mol. The molecule has 1 atom stereocenters. The highest BCUT2D eigenvalue weighted by Crippen LogP contribution is 2.44. The van der Waals surface area contributed by atoms with Crippen LogP contribution in [0.3, 0.4) is 0 Å². The summed E-state index contributed by atoms with van der Waals surface area (Å²) in [6, 6.07) is 17.6. The smallest absolute Gasteiger partial charge is 0.412 e. The number of amides is 2. The number of esters is 1. The summed E-state index contributed by atoms with van der Waals surface area (Å²) in [5.41, 5.74) is 1.12. The van der Waals surface area contributed by atoms with Crippen molar-refractivity contribution < 1.29 is 42.4 Å². The Bertz CT molecular complexity index is 1830. The molecule has 48 heavy (non-hydrogen) atoms. The van der Waals surface area contributed by atoms with Crippen LogP contribution in [-0.4, -0.2) is 71.9 Å². The summed E-state index contributed by atoms with van der Waals surface area (Å²) in [7, 11) is -3.50. The lowest BCUT2D eigenvalue weighted by Gasteiger charge is -2.20. The fourth-order valence-electron chi connectivity index (χ4n) is 5.11. The topological polar surface area (TPSA) is 168 Å². The Hall–Kier alpha value is -5.04. The van der Waals surface area contributed by atoms with E-state index < -0.39 is 31.3 Å². The van der Waals surface area contributed by atoms with Crippen LogP contribution < -0.4 is 25.0 Å². The largest absolute Gasteiger partial charge is 0.505 e. The summed E-state index contributed by atoms with van der Waals surface area (Å²) >= 11 is 0. The van der Waals surface area contributed by atoms with E-state index >= 15 is 0 Å². The third kappa shape index (κ3) is 8.45. The first-order chi connectivity index (χ1) is 23.2. The summed E-state index contributed by atoms with van der Waals surface area (Å²) in [5, 5.41) is 19.8. The zero-order valence-electron chi connectivity index (χ0n) is 26.1. The van der Waals surface area contributed by atoms with Crippen LogP contribution in [0.4, 0.5) is 9.18 Å². The third-order valence-electron chi connectivity index (χ3n) is 7.34. The highest BCUT2D eigenvalue weighted by molar-refractivity contribution is 7.57. The van der Waals surface area contributed by atoms with E-state index in [1.54, 1.807) is 61.5 Å². The van der Waals surface area contributed by atoms with Crippen molar-refractivity contribution in [3.63, 3.8) is 0 Å². The summed E-state index contributed by atoms with van der Waals surface area (Å²) in [5.74, 6) is -1.27. The number of hydrogen-bond acceptors (Lipinski definition) is 10. The number of carbonyl (C=O) groups excluding carboxylic acids is 3. The van der Waals surface area contributed by atoms with Crippen molar-refractivity contribution in [3.05, 3.63) is 95.4 Å². The molecule has 0 fully saturated rings. The van der Waals surface area contributed by atoms with Crippen LogP contribution in [-0.2, 0) is 27.2 Å². The van der Waals surface area contributed by atoms with Gasteiger partial charge in [0, 0.05) is 43.3 Å². The normalized spacial score (nSPS) is 13.5. The maximum Gasteiger partial charge on any atom is 0.412 e. The predicted octanol–water partition coefficient (Wildman–Crippen LogP) is 4.34. The lowest BCUT2D eigenvalue weighted by molar-refractivity contribution is -0.141. The number of carbonyl (C=O) groups is 3. The Morgan fingerprint density at radius 3 is 2.56 bits per heavy atom. The zero-order chi connectivity index (χ0) is 34.1. The number of hydrogen-bond donors (Lipinski definition) is 4. The van der Waals surface area contributed by atoms with Gasteiger partial charge in [-0.05, 0) is 48.9 Å². The molecule has 0 saturated heterocycles. The fraction of sp³-hybridized carbons (Fsp3) is 0.273. The first kappa shape index (κ1) is 34.3. The summed E-state index contributed by atoms with van der Waals surface area (Å²) < 4.78 is 43.2. The SMILES string of the molecule is CCOC(=O)CNP(=O)(CCNCCNC(=O)Oc1c2c(c(O)c3ncccc13)C(=O)N(Cc1ccc(F)cc1)C2)Oc1ccccc1. The Morgan fingerprint density at radius 2 is 1.81 bits per heavy atom. The van der Waals surface area contributed by atoms with Crippen molar-refractivity contribution in [2.24, 2.45) is 0 Å². The van der Waals surface area contributed by atoms with E-state index in [1.165, 1.54) is 23.2 Å². The quantitative estimate of drug-likeness (QED) is 0.0802. The van der Waals surface area contributed by atoms with Crippen molar-refractivity contribution in [1.82, 2.24) is 25.6 Å². The molecule has 0 radical (unpaired) electrons. The molecule has 3 aromatic carbocycles. The summed E-state index contributed by atoms with van der Waals surface area (Å²) in [6.07, 6.45) is 0.691. The molecule has 252 valence electrons. The van der Waals surface area contributed by atoms with Crippen LogP contribution in [0.5, 0.6) is 17.2 Å². The van der Waals surface area contributed by atoms with Gasteiger partial charge < -0.3 is 34.6 Å². The Labute approximate surface area is 275 Å². The van der Waals surface area contributed by atoms with Gasteiger partial charge in [0.1, 0.15) is 29.4 Å². The third-order valence-corrected chi connectivity index (χ3v) is 9.30. The number of nitrogens with one attached hydrogen (secondary N) is 3. The predicted molar refractivity (Wildman–Crippen MR) is 174 cm³/mol. The number of nitrogens with zero attached hydrogens (tertiary/aromatic N) is 2. The van der Waals surface area contributed by atoms with Gasteiger partial charge in [0.05, 0.1) is 24.9 Å². The van der Waals surface area contributed by atoms with Crippen LogP contribution in [0.15, 0.2) is 72.9 Å². The summed E-state index contributed by atoms with van der Waals surface area (Å²) in [4.78, 5) is 43.8. The number of pyridine rings is 1. The molecule has 0 spiro atoms. The molecule has 4 N–H and O–H groups in total. The van der Waals surface area contributed by atoms with Crippen molar-refractivity contribution in [3.8, 4) is 17.2 Å². The molecule has 0 bridgehead atoms. The van der Waals surface area contributed by atoms with Gasteiger partial charge in [0.15, 0.2) is 5.75 Å². The first-order valence-corrected chi connectivity index (χ1v) is 17.1. The van der Waals surface area contributed by atoms with Crippen molar-refractivity contribution in [2.75, 3.05) is 38.9 Å². The van der Waals surface area contributed by atoms with Gasteiger partial charge >= 0.3 is 19.6 Å².